The van der Waals surface area contributed by atoms with Gasteiger partial charge in [0, 0.05) is 19.4 Å². The van der Waals surface area contributed by atoms with Crippen molar-refractivity contribution < 1.29 is 26.7 Å². The van der Waals surface area contributed by atoms with Crippen LogP contribution in [0, 0.1) is 29.1 Å². The summed E-state index contributed by atoms with van der Waals surface area (Å²) in [5.41, 5.74) is -1.57. The third kappa shape index (κ3) is 2.41. The smallest absolute Gasteiger partial charge is 0.266 e. The highest BCUT2D eigenvalue weighted by Crippen LogP contribution is 2.24. The molecule has 2 aromatic rings. The van der Waals surface area contributed by atoms with Crippen LogP contribution in [0.25, 0.3) is 0 Å². The Morgan fingerprint density at radius 1 is 0.905 bits per heavy atom. The molecule has 0 aliphatic rings. The summed E-state index contributed by atoms with van der Waals surface area (Å²) in [6.07, 6.45) is 2.48. The predicted molar refractivity (Wildman–Crippen MR) is 61.0 cm³/mol. The predicted octanol–water partition coefficient (Wildman–Crippen LogP) is 2.45. The van der Waals surface area contributed by atoms with Gasteiger partial charge in [-0.3, -0.25) is 9.69 Å². The van der Waals surface area contributed by atoms with Gasteiger partial charge in [0.15, 0.2) is 23.3 Å². The molecule has 21 heavy (non-hydrogen) atoms. The van der Waals surface area contributed by atoms with E-state index in [1.807, 2.05) is 0 Å². The highest BCUT2D eigenvalue weighted by atomic mass is 19.2. The van der Waals surface area contributed by atoms with E-state index >= 15 is 0 Å². The van der Waals surface area contributed by atoms with Crippen LogP contribution in [0.4, 0.5) is 27.9 Å². The van der Waals surface area contributed by atoms with Crippen molar-refractivity contribution in [3.63, 3.8) is 0 Å². The van der Waals surface area contributed by atoms with Gasteiger partial charge in [0.25, 0.3) is 5.91 Å². The third-order valence-corrected chi connectivity index (χ3v) is 2.58. The van der Waals surface area contributed by atoms with Gasteiger partial charge in [0.05, 0.1) is 0 Å². The summed E-state index contributed by atoms with van der Waals surface area (Å²) >= 11 is 0. The fourth-order valence-electron chi connectivity index (χ4n) is 1.52. The molecular formula is C12H6F5N3O. The first-order valence-electron chi connectivity index (χ1n) is 5.42. The maximum Gasteiger partial charge on any atom is 0.266 e. The molecule has 0 aliphatic carbocycles. The van der Waals surface area contributed by atoms with Gasteiger partial charge in [0.1, 0.15) is 5.56 Å². The van der Waals surface area contributed by atoms with Crippen molar-refractivity contribution >= 4 is 11.9 Å². The van der Waals surface area contributed by atoms with E-state index in [0.717, 1.165) is 7.05 Å². The van der Waals surface area contributed by atoms with Crippen molar-refractivity contribution in [2.75, 3.05) is 11.9 Å². The average Bonchev–Trinajstić information content (AvgIpc) is 2.51. The molecule has 0 aliphatic heterocycles. The Morgan fingerprint density at radius 3 is 1.81 bits per heavy atom. The molecule has 9 heteroatoms. The Labute approximate surface area is 114 Å². The molecule has 1 amide bonds. The maximum absolute atomic E-state index is 13.5. The zero-order valence-corrected chi connectivity index (χ0v) is 10.4. The summed E-state index contributed by atoms with van der Waals surface area (Å²) in [5.74, 6) is -12.9. The Balaban J connectivity index is 2.55. The normalized spacial score (nSPS) is 10.6. The maximum atomic E-state index is 13.5. The Kier molecular flexibility index (Phi) is 3.83. The largest absolute Gasteiger partial charge is 0.280 e. The van der Waals surface area contributed by atoms with Gasteiger partial charge in [-0.15, -0.1) is 0 Å². The first kappa shape index (κ1) is 14.8. The second kappa shape index (κ2) is 5.43. The van der Waals surface area contributed by atoms with Crippen LogP contribution in [0.2, 0.25) is 0 Å². The van der Waals surface area contributed by atoms with Gasteiger partial charge in [-0.25, -0.2) is 31.9 Å². The Hall–Kier alpha value is -2.58. The van der Waals surface area contributed by atoms with Crippen molar-refractivity contribution in [3.05, 3.63) is 53.1 Å². The second-order valence-electron chi connectivity index (χ2n) is 3.86. The molecule has 0 saturated heterocycles. The molecule has 0 bridgehead atoms. The lowest BCUT2D eigenvalue weighted by atomic mass is 10.1. The standard InChI is InChI=1S/C12H6F5N3O/c1-20(12-18-3-2-4-19-12)11(21)5-6(13)8(15)10(17)9(16)7(5)14/h2-4H,1H3. The number of carbonyl (C=O) groups excluding carboxylic acids is 1. The second-order valence-corrected chi connectivity index (χ2v) is 3.86. The van der Waals surface area contributed by atoms with Gasteiger partial charge in [-0.2, -0.15) is 0 Å². The van der Waals surface area contributed by atoms with E-state index in [1.165, 1.54) is 18.5 Å². The monoisotopic (exact) mass is 303 g/mol. The van der Waals surface area contributed by atoms with E-state index in [-0.39, 0.29) is 5.95 Å². The first-order chi connectivity index (χ1) is 9.86. The molecule has 110 valence electrons. The molecular weight excluding hydrogens is 297 g/mol. The van der Waals surface area contributed by atoms with E-state index in [4.69, 9.17) is 0 Å². The highest BCUT2D eigenvalue weighted by Gasteiger charge is 2.32. The minimum Gasteiger partial charge on any atom is -0.280 e. The van der Waals surface area contributed by atoms with Crippen LogP contribution < -0.4 is 4.90 Å². The summed E-state index contributed by atoms with van der Waals surface area (Å²) in [4.78, 5) is 19.7. The van der Waals surface area contributed by atoms with Crippen LogP contribution in [-0.2, 0) is 0 Å². The molecule has 0 spiro atoms. The van der Waals surface area contributed by atoms with E-state index in [2.05, 4.69) is 9.97 Å². The molecule has 0 radical (unpaired) electrons. The Bertz CT molecular complexity index is 679. The van der Waals surface area contributed by atoms with Crippen molar-refractivity contribution in [1.29, 1.82) is 0 Å². The molecule has 1 aromatic heterocycles. The van der Waals surface area contributed by atoms with Crippen LogP contribution in [0.1, 0.15) is 10.4 Å². The number of carbonyl (C=O) groups is 1. The van der Waals surface area contributed by atoms with Crippen molar-refractivity contribution in [3.8, 4) is 0 Å². The molecule has 0 saturated carbocycles. The lowest BCUT2D eigenvalue weighted by molar-refractivity contribution is 0.0980. The van der Waals surface area contributed by atoms with Gasteiger partial charge < -0.3 is 0 Å². The van der Waals surface area contributed by atoms with Crippen molar-refractivity contribution in [1.82, 2.24) is 9.97 Å². The van der Waals surface area contributed by atoms with E-state index in [1.54, 1.807) is 0 Å². The fourth-order valence-corrected chi connectivity index (χ4v) is 1.52. The minimum atomic E-state index is -2.33. The molecule has 0 N–H and O–H groups in total. The minimum absolute atomic E-state index is 0.258. The van der Waals surface area contributed by atoms with Crippen LogP contribution >= 0.6 is 0 Å². The molecule has 1 aromatic carbocycles. The van der Waals surface area contributed by atoms with Crippen molar-refractivity contribution in [2.45, 2.75) is 0 Å². The topological polar surface area (TPSA) is 46.1 Å². The van der Waals surface area contributed by atoms with Gasteiger partial charge in [-0.05, 0) is 6.07 Å². The SMILES string of the molecule is CN(C(=O)c1c(F)c(F)c(F)c(F)c1F)c1ncccn1. The first-order valence-corrected chi connectivity index (χ1v) is 5.42. The van der Waals surface area contributed by atoms with Crippen LogP contribution in [0.15, 0.2) is 18.5 Å². The number of benzene rings is 1. The van der Waals surface area contributed by atoms with Crippen LogP contribution in [0.3, 0.4) is 0 Å². The number of amides is 1. The van der Waals surface area contributed by atoms with Gasteiger partial charge in [0.2, 0.25) is 11.8 Å². The molecule has 0 atom stereocenters. The van der Waals surface area contributed by atoms with Crippen LogP contribution in [-0.4, -0.2) is 22.9 Å². The summed E-state index contributed by atoms with van der Waals surface area (Å²) < 4.78 is 66.1. The molecule has 1 heterocycles. The molecule has 0 unspecified atom stereocenters. The van der Waals surface area contributed by atoms with E-state index in [9.17, 15) is 26.7 Å². The highest BCUT2D eigenvalue weighted by molar-refractivity contribution is 6.05. The van der Waals surface area contributed by atoms with E-state index < -0.39 is 40.6 Å². The summed E-state index contributed by atoms with van der Waals surface area (Å²) in [5, 5.41) is 0. The summed E-state index contributed by atoms with van der Waals surface area (Å²) in [6.45, 7) is 0. The molecule has 4 nitrogen and oxygen atoms in total. The van der Waals surface area contributed by atoms with Crippen molar-refractivity contribution in [2.24, 2.45) is 0 Å². The number of aromatic nitrogens is 2. The lowest BCUT2D eigenvalue weighted by Gasteiger charge is -2.16. The number of hydrogen-bond acceptors (Lipinski definition) is 3. The van der Waals surface area contributed by atoms with Gasteiger partial charge in [-0.1, -0.05) is 0 Å². The third-order valence-electron chi connectivity index (χ3n) is 2.58. The quantitative estimate of drug-likeness (QED) is 0.486. The number of hydrogen-bond donors (Lipinski definition) is 0. The van der Waals surface area contributed by atoms with Gasteiger partial charge >= 0.3 is 0 Å². The van der Waals surface area contributed by atoms with Crippen LogP contribution in [0.5, 0.6) is 0 Å². The number of anilines is 1. The number of halogens is 5. The zero-order chi connectivity index (χ0) is 15.7. The lowest BCUT2D eigenvalue weighted by Crippen LogP contribution is -2.30. The zero-order valence-electron chi connectivity index (χ0n) is 10.4. The molecule has 0 fully saturated rings. The molecule has 2 rings (SSSR count). The van der Waals surface area contributed by atoms with E-state index in [0.29, 0.717) is 4.90 Å². The summed E-state index contributed by atoms with van der Waals surface area (Å²) in [7, 11) is 1.04. The number of rotatable bonds is 2. The number of nitrogens with zero attached hydrogens (tertiary/aromatic N) is 3. The fraction of sp³-hybridized carbons (Fsp3) is 0.0833. The Morgan fingerprint density at radius 2 is 1.33 bits per heavy atom. The average molecular weight is 303 g/mol. The summed E-state index contributed by atoms with van der Waals surface area (Å²) in [6, 6.07) is 1.42.